The summed E-state index contributed by atoms with van der Waals surface area (Å²) in [5.41, 5.74) is 0.735. The number of hydrogen-bond donors (Lipinski definition) is 1. The fourth-order valence-corrected chi connectivity index (χ4v) is 4.25. The molecule has 1 fully saturated rings. The largest absolute Gasteiger partial charge is 0.528 e. The van der Waals surface area contributed by atoms with Crippen molar-refractivity contribution in [2.45, 2.75) is 83.8 Å². The van der Waals surface area contributed by atoms with Gasteiger partial charge in [-0.15, -0.1) is 0 Å². The number of nitrogens with zero attached hydrogens (tertiary/aromatic N) is 1. The van der Waals surface area contributed by atoms with Crippen LogP contribution in [-0.2, 0) is 31.9 Å². The minimum absolute atomic E-state index is 0.0210. The summed E-state index contributed by atoms with van der Waals surface area (Å²) in [6.07, 6.45) is 1.15. The summed E-state index contributed by atoms with van der Waals surface area (Å²) in [4.78, 5) is 30.7. The zero-order chi connectivity index (χ0) is 25.5. The molecule has 0 radical (unpaired) electrons. The highest BCUT2D eigenvalue weighted by Gasteiger charge is 2.50. The lowest BCUT2D eigenvalue weighted by molar-refractivity contribution is -0.235. The molecule has 7 heteroatoms. The van der Waals surface area contributed by atoms with Crippen LogP contribution in [0.5, 0.6) is 0 Å². The van der Waals surface area contributed by atoms with E-state index in [0.29, 0.717) is 25.8 Å². The number of nitrogens with one attached hydrogen (secondary N) is 1. The molecule has 2 aromatic rings. The summed E-state index contributed by atoms with van der Waals surface area (Å²) >= 11 is 0. The molecule has 0 unspecified atom stereocenters. The van der Waals surface area contributed by atoms with E-state index in [1.54, 1.807) is 25.8 Å². The van der Waals surface area contributed by atoms with Crippen molar-refractivity contribution in [2.75, 3.05) is 6.54 Å². The highest BCUT2D eigenvalue weighted by Crippen LogP contribution is 2.36. The summed E-state index contributed by atoms with van der Waals surface area (Å²) in [5, 5.41) is 4.59. The van der Waals surface area contributed by atoms with Crippen molar-refractivity contribution < 1.29 is 23.9 Å². The second-order valence-electron chi connectivity index (χ2n) is 10.4. The minimum atomic E-state index is -0.870. The number of ether oxygens (including phenoxy) is 2. The monoisotopic (exact) mass is 482 g/mol. The Bertz CT molecular complexity index is 956. The molecule has 1 aliphatic heterocycles. The van der Waals surface area contributed by atoms with Crippen molar-refractivity contribution in [3.8, 4) is 0 Å². The number of rotatable bonds is 9. The molecule has 3 rings (SSSR count). The Balaban J connectivity index is 1.63. The van der Waals surface area contributed by atoms with Gasteiger partial charge in [-0.3, -0.25) is 4.79 Å². The molecule has 1 saturated heterocycles. The first-order chi connectivity index (χ1) is 16.5. The van der Waals surface area contributed by atoms with Crippen LogP contribution in [0.4, 0.5) is 4.79 Å². The fraction of sp³-hybridized carbons (Fsp3) is 0.500. The van der Waals surface area contributed by atoms with E-state index in [2.05, 4.69) is 5.32 Å². The van der Waals surface area contributed by atoms with Gasteiger partial charge in [0.05, 0.1) is 12.1 Å². The molecular weight excluding hydrogens is 444 g/mol. The van der Waals surface area contributed by atoms with E-state index in [1.165, 1.54) is 5.56 Å². The van der Waals surface area contributed by atoms with Gasteiger partial charge >= 0.3 is 6.16 Å². The Hall–Kier alpha value is -2.90. The molecule has 0 aromatic heterocycles. The van der Waals surface area contributed by atoms with Gasteiger partial charge in [-0.1, -0.05) is 65.7 Å². The number of hydrogen-bond acceptors (Lipinski definition) is 6. The maximum Gasteiger partial charge on any atom is 0.528 e. The Morgan fingerprint density at radius 3 is 2.20 bits per heavy atom. The summed E-state index contributed by atoms with van der Waals surface area (Å²) < 4.78 is 11.7. The molecule has 0 spiro atoms. The molecule has 35 heavy (non-hydrogen) atoms. The number of amides is 1. The van der Waals surface area contributed by atoms with Crippen molar-refractivity contribution in [2.24, 2.45) is 0 Å². The van der Waals surface area contributed by atoms with Gasteiger partial charge in [-0.2, -0.15) is 0 Å². The third-order valence-electron chi connectivity index (χ3n) is 5.79. The first-order valence-corrected chi connectivity index (χ1v) is 12.3. The molecule has 1 heterocycles. The van der Waals surface area contributed by atoms with Crippen molar-refractivity contribution in [3.05, 3.63) is 71.8 Å². The lowest BCUT2D eigenvalue weighted by Crippen LogP contribution is -2.47. The Kier molecular flexibility index (Phi) is 8.92. The molecule has 0 bridgehead atoms. The topological polar surface area (TPSA) is 77.1 Å². The van der Waals surface area contributed by atoms with E-state index in [4.69, 9.17) is 14.3 Å². The summed E-state index contributed by atoms with van der Waals surface area (Å²) in [7, 11) is 0. The first kappa shape index (κ1) is 26.7. The second-order valence-corrected chi connectivity index (χ2v) is 10.4. The van der Waals surface area contributed by atoms with Gasteiger partial charge in [0.15, 0.2) is 0 Å². The van der Waals surface area contributed by atoms with Crippen LogP contribution in [-0.4, -0.2) is 47.1 Å². The molecule has 2 atom stereocenters. The SMILES string of the molecule is CC(C)(C)OC(=O)ON1[C@@H](Cc2ccccc2)[C@H](CCC(=O)NCCc2ccccc2)OC1(C)C. The Labute approximate surface area is 208 Å². The number of carbonyl (C=O) groups excluding carboxylic acids is 2. The smallest absolute Gasteiger partial charge is 0.427 e. The van der Waals surface area contributed by atoms with Crippen LogP contribution < -0.4 is 5.32 Å². The highest BCUT2D eigenvalue weighted by molar-refractivity contribution is 5.75. The average molecular weight is 483 g/mol. The zero-order valence-corrected chi connectivity index (χ0v) is 21.5. The van der Waals surface area contributed by atoms with Gasteiger partial charge < -0.3 is 19.6 Å². The van der Waals surface area contributed by atoms with E-state index in [0.717, 1.165) is 12.0 Å². The van der Waals surface area contributed by atoms with E-state index >= 15 is 0 Å². The summed E-state index contributed by atoms with van der Waals surface area (Å²) in [5.74, 6) is -0.0210. The van der Waals surface area contributed by atoms with Crippen molar-refractivity contribution in [1.29, 1.82) is 0 Å². The molecule has 2 aromatic carbocycles. The van der Waals surface area contributed by atoms with E-state index in [-0.39, 0.29) is 18.1 Å². The van der Waals surface area contributed by atoms with Crippen LogP contribution in [0.25, 0.3) is 0 Å². The van der Waals surface area contributed by atoms with Crippen LogP contribution >= 0.6 is 0 Å². The lowest BCUT2D eigenvalue weighted by Gasteiger charge is -2.32. The normalized spacial score (nSPS) is 19.8. The van der Waals surface area contributed by atoms with E-state index in [1.807, 2.05) is 74.5 Å². The van der Waals surface area contributed by atoms with Gasteiger partial charge in [0.1, 0.15) is 11.3 Å². The third kappa shape index (κ3) is 8.37. The minimum Gasteiger partial charge on any atom is -0.427 e. The lowest BCUT2D eigenvalue weighted by atomic mass is 9.98. The molecule has 190 valence electrons. The maximum absolute atomic E-state index is 12.5. The van der Waals surface area contributed by atoms with Crippen molar-refractivity contribution in [3.63, 3.8) is 0 Å². The van der Waals surface area contributed by atoms with E-state index < -0.39 is 17.5 Å². The predicted octanol–water partition coefficient (Wildman–Crippen LogP) is 5.04. The van der Waals surface area contributed by atoms with Gasteiger partial charge in [-0.05, 0) is 65.0 Å². The second kappa shape index (κ2) is 11.7. The molecule has 1 aliphatic rings. The highest BCUT2D eigenvalue weighted by atomic mass is 16.8. The van der Waals surface area contributed by atoms with Crippen LogP contribution in [0.15, 0.2) is 60.7 Å². The maximum atomic E-state index is 12.5. The van der Waals surface area contributed by atoms with Crippen LogP contribution in [0.1, 0.15) is 58.6 Å². The van der Waals surface area contributed by atoms with Gasteiger partial charge in [-0.25, -0.2) is 4.79 Å². The van der Waals surface area contributed by atoms with Crippen LogP contribution in [0, 0.1) is 0 Å². The number of carbonyl (C=O) groups is 2. The number of hydroxylamine groups is 2. The van der Waals surface area contributed by atoms with Gasteiger partial charge in [0, 0.05) is 13.0 Å². The average Bonchev–Trinajstić information content (AvgIpc) is 3.02. The summed E-state index contributed by atoms with van der Waals surface area (Å²) in [6.45, 7) is 9.67. The standard InChI is InChI=1S/C28H38N2O5/c1-27(2,3)34-26(32)35-30-23(20-22-14-10-7-11-15-22)24(33-28(30,4)5)16-17-25(31)29-19-18-21-12-8-6-9-13-21/h6-15,23-24H,16-20H2,1-5H3,(H,29,31)/t23-,24-/m0/s1. The van der Waals surface area contributed by atoms with Gasteiger partial charge in [0.2, 0.25) is 5.91 Å². The van der Waals surface area contributed by atoms with E-state index in [9.17, 15) is 9.59 Å². The van der Waals surface area contributed by atoms with Crippen LogP contribution in [0.3, 0.4) is 0 Å². The third-order valence-corrected chi connectivity index (χ3v) is 5.79. The van der Waals surface area contributed by atoms with Crippen LogP contribution in [0.2, 0.25) is 0 Å². The molecule has 1 amide bonds. The molecule has 0 aliphatic carbocycles. The molecule has 0 saturated carbocycles. The Morgan fingerprint density at radius 1 is 1.00 bits per heavy atom. The fourth-order valence-electron chi connectivity index (χ4n) is 4.25. The predicted molar refractivity (Wildman–Crippen MR) is 134 cm³/mol. The zero-order valence-electron chi connectivity index (χ0n) is 21.5. The Morgan fingerprint density at radius 2 is 1.60 bits per heavy atom. The first-order valence-electron chi connectivity index (χ1n) is 12.3. The van der Waals surface area contributed by atoms with Gasteiger partial charge in [0.25, 0.3) is 0 Å². The number of benzene rings is 2. The molecule has 7 nitrogen and oxygen atoms in total. The quantitative estimate of drug-likeness (QED) is 0.505. The summed E-state index contributed by atoms with van der Waals surface area (Å²) in [6, 6.07) is 19.8. The molecular formula is C28H38N2O5. The molecule has 1 N–H and O–H groups in total. The van der Waals surface area contributed by atoms with Crippen molar-refractivity contribution in [1.82, 2.24) is 10.4 Å². The van der Waals surface area contributed by atoms with Crippen molar-refractivity contribution >= 4 is 12.1 Å².